The Hall–Kier alpha value is -1.93. The molecule has 0 aromatic carbocycles. The van der Waals surface area contributed by atoms with Gasteiger partial charge in [0.2, 0.25) is 0 Å². The number of carbonyl (C=O) groups is 2. The van der Waals surface area contributed by atoms with Crippen LogP contribution in [0.5, 0.6) is 0 Å². The second kappa shape index (κ2) is 4.54. The molecule has 2 saturated heterocycles. The summed E-state index contributed by atoms with van der Waals surface area (Å²) >= 11 is 1.53. The summed E-state index contributed by atoms with van der Waals surface area (Å²) in [7, 11) is 0. The molecule has 0 aliphatic carbocycles. The zero-order valence-corrected chi connectivity index (χ0v) is 12.2. The van der Waals surface area contributed by atoms with Gasteiger partial charge in [0.1, 0.15) is 5.54 Å². The monoisotopic (exact) mass is 305 g/mol. The number of rotatable bonds is 2. The number of hydrogen-bond donors (Lipinski definition) is 2. The van der Waals surface area contributed by atoms with Crippen molar-refractivity contribution in [2.24, 2.45) is 0 Å². The fourth-order valence-corrected chi connectivity index (χ4v) is 3.75. The summed E-state index contributed by atoms with van der Waals surface area (Å²) in [6.45, 7) is 1.62. The molecular formula is C13H15N5O2S. The Morgan fingerprint density at radius 3 is 3.10 bits per heavy atom. The van der Waals surface area contributed by atoms with Crippen LogP contribution in [-0.4, -0.2) is 44.9 Å². The van der Waals surface area contributed by atoms with E-state index in [-0.39, 0.29) is 18.5 Å². The molecule has 1 unspecified atom stereocenters. The van der Waals surface area contributed by atoms with Gasteiger partial charge >= 0.3 is 6.03 Å². The van der Waals surface area contributed by atoms with Gasteiger partial charge in [-0.2, -0.15) is 0 Å². The third-order valence-electron chi connectivity index (χ3n) is 4.09. The van der Waals surface area contributed by atoms with Crippen molar-refractivity contribution < 1.29 is 9.59 Å². The van der Waals surface area contributed by atoms with E-state index in [0.717, 1.165) is 23.6 Å². The maximum absolute atomic E-state index is 12.6. The fourth-order valence-electron chi connectivity index (χ4n) is 3.03. The first kappa shape index (κ1) is 12.8. The van der Waals surface area contributed by atoms with E-state index in [4.69, 9.17) is 0 Å². The lowest BCUT2D eigenvalue weighted by molar-refractivity contribution is -0.132. The van der Waals surface area contributed by atoms with E-state index in [1.54, 1.807) is 0 Å². The average Bonchev–Trinajstić information content (AvgIpc) is 3.10. The Kier molecular flexibility index (Phi) is 2.76. The number of imide groups is 1. The Labute approximate surface area is 125 Å². The number of hydrogen-bond acceptors (Lipinski definition) is 5. The third-order valence-corrected chi connectivity index (χ3v) is 4.86. The molecule has 8 heteroatoms. The van der Waals surface area contributed by atoms with Crippen molar-refractivity contribution in [2.45, 2.75) is 24.9 Å². The van der Waals surface area contributed by atoms with Crippen LogP contribution in [0.3, 0.4) is 0 Å². The molecule has 3 amide bonds. The molecule has 4 heterocycles. The molecule has 1 spiro atoms. The minimum atomic E-state index is -0.757. The van der Waals surface area contributed by atoms with Crippen molar-refractivity contribution in [1.82, 2.24) is 24.9 Å². The molecule has 2 aliphatic heterocycles. The summed E-state index contributed by atoms with van der Waals surface area (Å²) in [6.07, 6.45) is 5.35. The first-order valence-corrected chi connectivity index (χ1v) is 7.82. The number of urea groups is 1. The number of nitrogens with zero attached hydrogens (tertiary/aromatic N) is 3. The van der Waals surface area contributed by atoms with Gasteiger partial charge in [-0.15, -0.1) is 11.3 Å². The first-order chi connectivity index (χ1) is 10.2. The molecule has 4 rings (SSSR count). The highest BCUT2D eigenvalue weighted by Gasteiger charge is 2.51. The van der Waals surface area contributed by atoms with Crippen molar-refractivity contribution in [3.63, 3.8) is 0 Å². The fraction of sp³-hybridized carbons (Fsp3) is 0.462. The van der Waals surface area contributed by atoms with E-state index in [1.807, 2.05) is 22.2 Å². The quantitative estimate of drug-likeness (QED) is 0.795. The van der Waals surface area contributed by atoms with E-state index in [9.17, 15) is 9.59 Å². The Morgan fingerprint density at radius 2 is 2.33 bits per heavy atom. The van der Waals surface area contributed by atoms with E-state index in [2.05, 4.69) is 15.6 Å². The molecular weight excluding hydrogens is 290 g/mol. The number of aromatic nitrogens is 2. The molecule has 7 nitrogen and oxygen atoms in total. The van der Waals surface area contributed by atoms with E-state index < -0.39 is 5.54 Å². The second-order valence-corrected chi connectivity index (χ2v) is 6.38. The normalized spacial score (nSPS) is 26.0. The number of piperidine rings is 1. The van der Waals surface area contributed by atoms with Crippen molar-refractivity contribution in [3.05, 3.63) is 23.5 Å². The molecule has 2 aromatic heterocycles. The summed E-state index contributed by atoms with van der Waals surface area (Å²) in [5, 5.41) is 8.00. The van der Waals surface area contributed by atoms with Crippen LogP contribution in [0, 0.1) is 0 Å². The summed E-state index contributed by atoms with van der Waals surface area (Å²) in [5.41, 5.74) is -0.0296. The minimum absolute atomic E-state index is 0.143. The van der Waals surface area contributed by atoms with Crippen LogP contribution in [0.4, 0.5) is 4.79 Å². The van der Waals surface area contributed by atoms with Gasteiger partial charge in [-0.05, 0) is 19.4 Å². The molecule has 2 fully saturated rings. The SMILES string of the molecule is O=C1NC2(CCCNC2)C(=O)N1Cc1cn2ccsc2n1. The van der Waals surface area contributed by atoms with Crippen LogP contribution in [-0.2, 0) is 11.3 Å². The molecule has 1 atom stereocenters. The zero-order valence-electron chi connectivity index (χ0n) is 11.3. The number of fused-ring (bicyclic) bond motifs is 1. The number of imidazole rings is 1. The highest BCUT2D eigenvalue weighted by molar-refractivity contribution is 7.15. The summed E-state index contributed by atoms with van der Waals surface area (Å²) in [6, 6.07) is -0.319. The minimum Gasteiger partial charge on any atom is -0.322 e. The van der Waals surface area contributed by atoms with E-state index in [0.29, 0.717) is 13.0 Å². The van der Waals surface area contributed by atoms with Gasteiger partial charge in [-0.3, -0.25) is 14.1 Å². The Bertz CT molecular complexity index is 687. The van der Waals surface area contributed by atoms with Gasteiger partial charge in [0.25, 0.3) is 5.91 Å². The largest absolute Gasteiger partial charge is 0.325 e. The molecule has 2 aliphatic rings. The van der Waals surface area contributed by atoms with Crippen molar-refractivity contribution in [2.75, 3.05) is 13.1 Å². The topological polar surface area (TPSA) is 78.7 Å². The van der Waals surface area contributed by atoms with Crippen LogP contribution in [0.1, 0.15) is 18.5 Å². The maximum atomic E-state index is 12.6. The van der Waals surface area contributed by atoms with Gasteiger partial charge < -0.3 is 10.6 Å². The van der Waals surface area contributed by atoms with Gasteiger partial charge in [0.05, 0.1) is 12.2 Å². The molecule has 0 saturated carbocycles. The van der Waals surface area contributed by atoms with E-state index >= 15 is 0 Å². The molecule has 110 valence electrons. The van der Waals surface area contributed by atoms with Gasteiger partial charge in [0.15, 0.2) is 4.96 Å². The van der Waals surface area contributed by atoms with Crippen LogP contribution < -0.4 is 10.6 Å². The third kappa shape index (κ3) is 1.94. The second-order valence-electron chi connectivity index (χ2n) is 5.51. The van der Waals surface area contributed by atoms with Crippen LogP contribution >= 0.6 is 11.3 Å². The lowest BCUT2D eigenvalue weighted by Crippen LogP contribution is -2.57. The molecule has 2 N–H and O–H groups in total. The number of thiazole rings is 1. The van der Waals surface area contributed by atoms with Crippen LogP contribution in [0.2, 0.25) is 0 Å². The first-order valence-electron chi connectivity index (χ1n) is 6.94. The van der Waals surface area contributed by atoms with E-state index in [1.165, 1.54) is 16.2 Å². The molecule has 21 heavy (non-hydrogen) atoms. The van der Waals surface area contributed by atoms with Crippen molar-refractivity contribution >= 4 is 28.2 Å². The summed E-state index contributed by atoms with van der Waals surface area (Å²) < 4.78 is 1.90. The molecule has 2 aromatic rings. The molecule has 0 bridgehead atoms. The van der Waals surface area contributed by atoms with Gasteiger partial charge in [0, 0.05) is 24.3 Å². The molecule has 0 radical (unpaired) electrons. The van der Waals surface area contributed by atoms with Crippen molar-refractivity contribution in [1.29, 1.82) is 0 Å². The summed E-state index contributed by atoms with van der Waals surface area (Å²) in [5.74, 6) is -0.143. The smallest absolute Gasteiger partial charge is 0.322 e. The number of carbonyl (C=O) groups excluding carboxylic acids is 2. The van der Waals surface area contributed by atoms with Crippen LogP contribution in [0.15, 0.2) is 17.8 Å². The van der Waals surface area contributed by atoms with Gasteiger partial charge in [-0.25, -0.2) is 9.78 Å². The summed E-state index contributed by atoms with van der Waals surface area (Å²) in [4.78, 5) is 31.3. The maximum Gasteiger partial charge on any atom is 0.325 e. The Morgan fingerprint density at radius 1 is 1.43 bits per heavy atom. The highest BCUT2D eigenvalue weighted by atomic mass is 32.1. The lowest BCUT2D eigenvalue weighted by atomic mass is 9.90. The van der Waals surface area contributed by atoms with Gasteiger partial charge in [-0.1, -0.05) is 0 Å². The Balaban J connectivity index is 1.58. The number of amides is 3. The lowest BCUT2D eigenvalue weighted by Gasteiger charge is -2.31. The van der Waals surface area contributed by atoms with Crippen LogP contribution in [0.25, 0.3) is 4.96 Å². The standard InChI is InChI=1S/C13H15N5O2S/c19-10-13(2-1-3-14-8-13)16-11(20)18(10)7-9-6-17-4-5-21-12(17)15-9/h4-6,14H,1-3,7-8H2,(H,16,20). The highest BCUT2D eigenvalue weighted by Crippen LogP contribution is 2.26. The predicted octanol–water partition coefficient (Wildman–Crippen LogP) is 0.570. The zero-order chi connectivity index (χ0) is 14.4. The number of nitrogens with one attached hydrogen (secondary N) is 2. The van der Waals surface area contributed by atoms with Crippen molar-refractivity contribution in [3.8, 4) is 0 Å². The average molecular weight is 305 g/mol. The predicted molar refractivity (Wildman–Crippen MR) is 77.0 cm³/mol.